The van der Waals surface area contributed by atoms with E-state index in [4.69, 9.17) is 9.47 Å². The minimum Gasteiger partial charge on any atom is -0.487 e. The highest BCUT2D eigenvalue weighted by molar-refractivity contribution is 7.09. The predicted molar refractivity (Wildman–Crippen MR) is 128 cm³/mol. The van der Waals surface area contributed by atoms with E-state index in [0.29, 0.717) is 28.6 Å². The average molecular weight is 480 g/mol. The van der Waals surface area contributed by atoms with E-state index in [0.717, 1.165) is 16.9 Å². The van der Waals surface area contributed by atoms with Crippen molar-refractivity contribution >= 4 is 40.2 Å². The second kappa shape index (κ2) is 10.8. The Morgan fingerprint density at radius 2 is 1.76 bits per heavy atom. The second-order valence-corrected chi connectivity index (χ2v) is 8.85. The Morgan fingerprint density at radius 3 is 2.48 bits per heavy atom. The minimum absolute atomic E-state index is 0.0387. The van der Waals surface area contributed by atoms with E-state index in [1.807, 2.05) is 36.6 Å². The van der Waals surface area contributed by atoms with Gasteiger partial charge in [-0.2, -0.15) is 0 Å². The third kappa shape index (κ3) is 6.71. The Bertz CT molecular complexity index is 1200. The zero-order chi connectivity index (χ0) is 23.0. The van der Waals surface area contributed by atoms with Gasteiger partial charge < -0.3 is 14.8 Å². The maximum atomic E-state index is 12.3. The van der Waals surface area contributed by atoms with Crippen LogP contribution in [0.1, 0.15) is 32.3 Å². The van der Waals surface area contributed by atoms with Crippen molar-refractivity contribution in [3.63, 3.8) is 0 Å². The smallest absolute Gasteiger partial charge is 0.338 e. The third-order valence-electron chi connectivity index (χ3n) is 4.56. The number of ether oxygens (including phenoxy) is 2. The molecule has 4 aromatic rings. The molecule has 0 atom stereocenters. The van der Waals surface area contributed by atoms with Gasteiger partial charge >= 0.3 is 5.97 Å². The number of nitrogens with zero attached hydrogens (tertiary/aromatic N) is 2. The number of nitrogens with one attached hydrogen (secondary N) is 1. The van der Waals surface area contributed by atoms with Crippen LogP contribution in [0.3, 0.4) is 0 Å². The lowest BCUT2D eigenvalue weighted by Crippen LogP contribution is -2.14. The SMILES string of the molecule is Cc1ccc(NC(=O)Cc2nc(COC(=O)c3ccc(OCc4cscn4)cc3)cs2)cc1. The molecule has 2 aromatic heterocycles. The van der Waals surface area contributed by atoms with E-state index in [9.17, 15) is 9.59 Å². The lowest BCUT2D eigenvalue weighted by molar-refractivity contribution is -0.115. The number of amides is 1. The van der Waals surface area contributed by atoms with Gasteiger partial charge in [0.2, 0.25) is 5.91 Å². The topological polar surface area (TPSA) is 90.4 Å². The molecule has 2 heterocycles. The van der Waals surface area contributed by atoms with Crippen molar-refractivity contribution < 1.29 is 19.1 Å². The van der Waals surface area contributed by atoms with Crippen molar-refractivity contribution in [2.75, 3.05) is 5.32 Å². The van der Waals surface area contributed by atoms with E-state index in [-0.39, 0.29) is 18.9 Å². The lowest BCUT2D eigenvalue weighted by Gasteiger charge is -2.06. The highest BCUT2D eigenvalue weighted by atomic mass is 32.1. The van der Waals surface area contributed by atoms with Crippen LogP contribution in [0.5, 0.6) is 5.75 Å². The molecule has 0 aliphatic heterocycles. The molecule has 0 aliphatic rings. The van der Waals surface area contributed by atoms with Gasteiger partial charge in [0.25, 0.3) is 0 Å². The highest BCUT2D eigenvalue weighted by Crippen LogP contribution is 2.17. The molecule has 9 heteroatoms. The van der Waals surface area contributed by atoms with Crippen LogP contribution in [-0.2, 0) is 29.2 Å². The predicted octanol–water partition coefficient (Wildman–Crippen LogP) is 5.03. The largest absolute Gasteiger partial charge is 0.487 e. The van der Waals surface area contributed by atoms with Gasteiger partial charge in [0, 0.05) is 16.4 Å². The standard InChI is InChI=1S/C24H21N3O4S2/c1-16-2-6-18(7-3-16)26-22(28)10-23-27-20(14-33-23)12-31-24(29)17-4-8-21(9-5-17)30-11-19-13-32-15-25-19/h2-9,13-15H,10-12H2,1H3,(H,26,28). The van der Waals surface area contributed by atoms with Gasteiger partial charge in [0.1, 0.15) is 24.0 Å². The first-order chi connectivity index (χ1) is 16.0. The van der Waals surface area contributed by atoms with E-state index in [2.05, 4.69) is 15.3 Å². The third-order valence-corrected chi connectivity index (χ3v) is 6.09. The van der Waals surface area contributed by atoms with E-state index in [1.54, 1.807) is 35.2 Å². The van der Waals surface area contributed by atoms with Gasteiger partial charge in [-0.15, -0.1) is 22.7 Å². The fourth-order valence-electron chi connectivity index (χ4n) is 2.85. The summed E-state index contributed by atoms with van der Waals surface area (Å²) in [4.78, 5) is 33.1. The average Bonchev–Trinajstić information content (AvgIpc) is 3.50. The molecule has 33 heavy (non-hydrogen) atoms. The van der Waals surface area contributed by atoms with E-state index in [1.165, 1.54) is 22.7 Å². The molecule has 0 saturated heterocycles. The summed E-state index contributed by atoms with van der Waals surface area (Å²) in [5.41, 5.74) is 5.51. The molecule has 0 unspecified atom stereocenters. The zero-order valence-electron chi connectivity index (χ0n) is 17.8. The van der Waals surface area contributed by atoms with E-state index < -0.39 is 5.97 Å². The number of thiazole rings is 2. The lowest BCUT2D eigenvalue weighted by atomic mass is 10.2. The molecule has 0 radical (unpaired) electrons. The summed E-state index contributed by atoms with van der Waals surface area (Å²) in [5.74, 6) is 0.0501. The fraction of sp³-hybridized carbons (Fsp3) is 0.167. The number of aryl methyl sites for hydroxylation is 1. The van der Waals surface area contributed by atoms with Gasteiger partial charge in [-0.3, -0.25) is 4.79 Å². The highest BCUT2D eigenvalue weighted by Gasteiger charge is 2.12. The first kappa shape index (κ1) is 22.6. The molecular weight excluding hydrogens is 458 g/mol. The molecule has 4 rings (SSSR count). The van der Waals surface area contributed by atoms with Crippen molar-refractivity contribution in [3.05, 3.63) is 92.3 Å². The summed E-state index contributed by atoms with van der Waals surface area (Å²) in [7, 11) is 0. The Morgan fingerprint density at radius 1 is 0.970 bits per heavy atom. The van der Waals surface area contributed by atoms with Crippen LogP contribution >= 0.6 is 22.7 Å². The molecule has 168 valence electrons. The first-order valence-electron chi connectivity index (χ1n) is 10.1. The molecule has 0 spiro atoms. The second-order valence-electron chi connectivity index (χ2n) is 7.19. The molecule has 1 N–H and O–H groups in total. The van der Waals surface area contributed by atoms with Crippen molar-refractivity contribution in [3.8, 4) is 5.75 Å². The van der Waals surface area contributed by atoms with Gasteiger partial charge in [-0.05, 0) is 43.3 Å². The number of benzene rings is 2. The van der Waals surface area contributed by atoms with Crippen LogP contribution in [0, 0.1) is 6.92 Å². The summed E-state index contributed by atoms with van der Waals surface area (Å²) < 4.78 is 11.0. The molecule has 0 fully saturated rings. The number of aromatic nitrogens is 2. The van der Waals surface area contributed by atoms with Crippen molar-refractivity contribution in [1.29, 1.82) is 0 Å². The Hall–Kier alpha value is -3.56. The maximum Gasteiger partial charge on any atom is 0.338 e. The monoisotopic (exact) mass is 479 g/mol. The van der Waals surface area contributed by atoms with Crippen LogP contribution in [0.2, 0.25) is 0 Å². The van der Waals surface area contributed by atoms with Gasteiger partial charge in [0.05, 0.1) is 28.9 Å². The molecule has 2 aromatic carbocycles. The van der Waals surface area contributed by atoms with Crippen molar-refractivity contribution in [2.24, 2.45) is 0 Å². The quantitative estimate of drug-likeness (QED) is 0.339. The number of hydrogen-bond donors (Lipinski definition) is 1. The number of rotatable bonds is 9. The summed E-state index contributed by atoms with van der Waals surface area (Å²) in [6.07, 6.45) is 0.162. The van der Waals surface area contributed by atoms with Gasteiger partial charge in [0.15, 0.2) is 0 Å². The molecular formula is C24H21N3O4S2. The zero-order valence-corrected chi connectivity index (χ0v) is 19.4. The minimum atomic E-state index is -0.451. The molecule has 1 amide bonds. The van der Waals surface area contributed by atoms with Crippen LogP contribution in [0.4, 0.5) is 5.69 Å². The summed E-state index contributed by atoms with van der Waals surface area (Å²) in [6.45, 7) is 2.41. The van der Waals surface area contributed by atoms with Gasteiger partial charge in [-0.25, -0.2) is 14.8 Å². The Kier molecular flexibility index (Phi) is 7.43. The number of carbonyl (C=O) groups excluding carboxylic acids is 2. The summed E-state index contributed by atoms with van der Waals surface area (Å²) in [5, 5.41) is 7.22. The number of hydrogen-bond acceptors (Lipinski definition) is 8. The Balaban J connectivity index is 1.23. The van der Waals surface area contributed by atoms with E-state index >= 15 is 0 Å². The number of carbonyl (C=O) groups is 2. The van der Waals surface area contributed by atoms with Crippen LogP contribution in [0.25, 0.3) is 0 Å². The van der Waals surface area contributed by atoms with Crippen molar-refractivity contribution in [2.45, 2.75) is 26.6 Å². The normalized spacial score (nSPS) is 10.6. The molecule has 7 nitrogen and oxygen atoms in total. The van der Waals surface area contributed by atoms with Crippen molar-refractivity contribution in [1.82, 2.24) is 9.97 Å². The Labute approximate surface area is 199 Å². The summed E-state index contributed by atoms with van der Waals surface area (Å²) >= 11 is 2.87. The number of esters is 1. The fourth-order valence-corrected chi connectivity index (χ4v) is 4.17. The molecule has 0 aliphatic carbocycles. The molecule has 0 saturated carbocycles. The van der Waals surface area contributed by atoms with Crippen LogP contribution in [0.15, 0.2) is 64.8 Å². The van der Waals surface area contributed by atoms with Crippen LogP contribution in [-0.4, -0.2) is 21.8 Å². The number of anilines is 1. The molecule has 0 bridgehead atoms. The summed E-state index contributed by atoms with van der Waals surface area (Å²) in [6, 6.07) is 14.3. The van der Waals surface area contributed by atoms with Crippen LogP contribution < -0.4 is 10.1 Å². The first-order valence-corrected chi connectivity index (χ1v) is 11.9. The van der Waals surface area contributed by atoms with Gasteiger partial charge in [-0.1, -0.05) is 17.7 Å². The maximum absolute atomic E-state index is 12.3.